The number of nitrogens with zero attached hydrogens (tertiary/aromatic N) is 1. The van der Waals surface area contributed by atoms with E-state index in [4.69, 9.17) is 5.73 Å². The van der Waals surface area contributed by atoms with Gasteiger partial charge in [-0.15, -0.1) is 0 Å². The second-order valence-corrected chi connectivity index (χ2v) is 1.64. The molecule has 0 saturated carbocycles. The summed E-state index contributed by atoms with van der Waals surface area (Å²) in [6.45, 7) is 1.88. The van der Waals surface area contributed by atoms with Gasteiger partial charge in [-0.25, -0.2) is 0 Å². The topological polar surface area (TPSA) is 38.9 Å². The molecule has 0 bridgehead atoms. The fraction of sp³-hybridized carbons (Fsp3) is 0.167. The summed E-state index contributed by atoms with van der Waals surface area (Å²) in [6.07, 6.45) is 4.35. The van der Waals surface area contributed by atoms with Gasteiger partial charge in [-0.3, -0.25) is 4.98 Å². The molecule has 0 aliphatic rings. The number of anilines is 1. The standard InChI is InChI=1S/C6H7N2/c1-5-4-8-3-2-6(5)7/h2-3H,1H3,(H2,7,8). The second kappa shape index (κ2) is 1.82. The molecule has 0 atom stereocenters. The van der Waals surface area contributed by atoms with Crippen molar-refractivity contribution in [3.05, 3.63) is 24.0 Å². The molecule has 2 N–H and O–H groups in total. The summed E-state index contributed by atoms with van der Waals surface area (Å²) in [5.41, 5.74) is 7.11. The van der Waals surface area contributed by atoms with Gasteiger partial charge in [0.25, 0.3) is 0 Å². The Morgan fingerprint density at radius 1 is 1.75 bits per heavy atom. The number of hydrogen-bond acceptors (Lipinski definition) is 2. The predicted octanol–water partition coefficient (Wildman–Crippen LogP) is 0.772. The molecule has 1 radical (unpaired) electrons. The summed E-state index contributed by atoms with van der Waals surface area (Å²) in [6, 6.07) is 1.76. The van der Waals surface area contributed by atoms with E-state index in [2.05, 4.69) is 11.2 Å². The van der Waals surface area contributed by atoms with Crippen LogP contribution >= 0.6 is 0 Å². The highest BCUT2D eigenvalue weighted by atomic mass is 14.7. The SMILES string of the molecule is Cc1[c]nccc1N. The van der Waals surface area contributed by atoms with Gasteiger partial charge in [0, 0.05) is 11.9 Å². The van der Waals surface area contributed by atoms with Gasteiger partial charge in [0.2, 0.25) is 0 Å². The third-order valence-corrected chi connectivity index (χ3v) is 0.994. The Labute approximate surface area is 48.4 Å². The lowest BCUT2D eigenvalue weighted by molar-refractivity contribution is 1.26. The molecule has 1 aromatic heterocycles. The van der Waals surface area contributed by atoms with E-state index >= 15 is 0 Å². The van der Waals surface area contributed by atoms with Gasteiger partial charge in [-0.2, -0.15) is 0 Å². The van der Waals surface area contributed by atoms with Gasteiger partial charge in [0.15, 0.2) is 0 Å². The summed E-state index contributed by atoms with van der Waals surface area (Å²) < 4.78 is 0. The van der Waals surface area contributed by atoms with Crippen LogP contribution in [0.3, 0.4) is 0 Å². The fourth-order valence-electron chi connectivity index (χ4n) is 0.441. The monoisotopic (exact) mass is 107 g/mol. The lowest BCUT2D eigenvalue weighted by Crippen LogP contribution is -1.88. The van der Waals surface area contributed by atoms with E-state index in [1.165, 1.54) is 0 Å². The van der Waals surface area contributed by atoms with Crippen molar-refractivity contribution in [1.29, 1.82) is 0 Å². The summed E-state index contributed by atoms with van der Waals surface area (Å²) in [5.74, 6) is 0. The summed E-state index contributed by atoms with van der Waals surface area (Å²) in [7, 11) is 0. The second-order valence-electron chi connectivity index (χ2n) is 1.64. The molecule has 0 unspecified atom stereocenters. The molecule has 1 rings (SSSR count). The summed E-state index contributed by atoms with van der Waals surface area (Å²) in [4.78, 5) is 3.74. The van der Waals surface area contributed by atoms with Crippen molar-refractivity contribution >= 4 is 5.69 Å². The van der Waals surface area contributed by atoms with E-state index in [-0.39, 0.29) is 0 Å². The Bertz CT molecular complexity index is 163. The van der Waals surface area contributed by atoms with Crippen molar-refractivity contribution in [1.82, 2.24) is 4.98 Å². The van der Waals surface area contributed by atoms with Crippen LogP contribution in [-0.2, 0) is 0 Å². The zero-order valence-corrected chi connectivity index (χ0v) is 4.68. The van der Waals surface area contributed by atoms with E-state index in [1.807, 2.05) is 6.92 Å². The smallest absolute Gasteiger partial charge is 0.0939 e. The fourth-order valence-corrected chi connectivity index (χ4v) is 0.441. The quantitative estimate of drug-likeness (QED) is 0.532. The molecule has 0 fully saturated rings. The third kappa shape index (κ3) is 0.780. The first-order valence-corrected chi connectivity index (χ1v) is 2.39. The van der Waals surface area contributed by atoms with Gasteiger partial charge >= 0.3 is 0 Å². The average molecular weight is 107 g/mol. The number of nitrogens with two attached hydrogens (primary N) is 1. The van der Waals surface area contributed by atoms with Crippen LogP contribution in [0, 0.1) is 13.1 Å². The van der Waals surface area contributed by atoms with Crippen molar-refractivity contribution in [3.63, 3.8) is 0 Å². The Morgan fingerprint density at radius 3 is 2.88 bits per heavy atom. The Balaban J connectivity index is 3.13. The first-order chi connectivity index (χ1) is 3.80. The highest BCUT2D eigenvalue weighted by Gasteiger charge is 1.86. The number of aromatic nitrogens is 1. The molecule has 0 aromatic carbocycles. The van der Waals surface area contributed by atoms with Crippen molar-refractivity contribution < 1.29 is 0 Å². The molecule has 0 aliphatic heterocycles. The number of nitrogen functional groups attached to an aromatic ring is 1. The number of aryl methyl sites for hydroxylation is 1. The molecule has 1 heterocycles. The van der Waals surface area contributed by atoms with Crippen molar-refractivity contribution in [2.24, 2.45) is 0 Å². The minimum Gasteiger partial charge on any atom is -0.398 e. The van der Waals surface area contributed by atoms with Crippen LogP contribution < -0.4 is 5.73 Å². The number of hydrogen-bond donors (Lipinski definition) is 1. The largest absolute Gasteiger partial charge is 0.398 e. The summed E-state index contributed by atoms with van der Waals surface area (Å²) >= 11 is 0. The zero-order chi connectivity index (χ0) is 5.98. The minimum atomic E-state index is 0.750. The van der Waals surface area contributed by atoms with Crippen LogP contribution in [0.15, 0.2) is 12.3 Å². The minimum absolute atomic E-state index is 0.750. The Morgan fingerprint density at radius 2 is 2.50 bits per heavy atom. The highest BCUT2D eigenvalue weighted by molar-refractivity contribution is 5.42. The van der Waals surface area contributed by atoms with Gasteiger partial charge in [-0.1, -0.05) is 0 Å². The van der Waals surface area contributed by atoms with Crippen LogP contribution in [0.4, 0.5) is 5.69 Å². The first kappa shape index (κ1) is 5.09. The molecule has 0 aliphatic carbocycles. The van der Waals surface area contributed by atoms with E-state index in [1.54, 1.807) is 12.3 Å². The van der Waals surface area contributed by atoms with E-state index in [0.717, 1.165) is 11.3 Å². The lowest BCUT2D eigenvalue weighted by atomic mass is 10.3. The van der Waals surface area contributed by atoms with E-state index in [0.29, 0.717) is 0 Å². The lowest BCUT2D eigenvalue weighted by Gasteiger charge is -1.92. The molecule has 8 heavy (non-hydrogen) atoms. The van der Waals surface area contributed by atoms with E-state index < -0.39 is 0 Å². The normalized spacial score (nSPS) is 9.12. The van der Waals surface area contributed by atoms with Crippen LogP contribution in [0.2, 0.25) is 0 Å². The number of pyridine rings is 1. The molecular weight excluding hydrogens is 100 g/mol. The van der Waals surface area contributed by atoms with Crippen LogP contribution in [0.25, 0.3) is 0 Å². The maximum absolute atomic E-state index is 5.45. The first-order valence-electron chi connectivity index (χ1n) is 2.39. The maximum Gasteiger partial charge on any atom is 0.0939 e. The van der Waals surface area contributed by atoms with Gasteiger partial charge in [0.05, 0.1) is 6.20 Å². The van der Waals surface area contributed by atoms with Crippen molar-refractivity contribution in [2.75, 3.05) is 5.73 Å². The number of rotatable bonds is 0. The molecule has 0 amide bonds. The van der Waals surface area contributed by atoms with Crippen LogP contribution in [0.1, 0.15) is 5.56 Å². The predicted molar refractivity (Wildman–Crippen MR) is 32.2 cm³/mol. The molecule has 1 aromatic rings. The maximum atomic E-state index is 5.45. The Hall–Kier alpha value is -1.05. The third-order valence-electron chi connectivity index (χ3n) is 0.994. The van der Waals surface area contributed by atoms with E-state index in [9.17, 15) is 0 Å². The van der Waals surface area contributed by atoms with Crippen LogP contribution in [-0.4, -0.2) is 4.98 Å². The highest BCUT2D eigenvalue weighted by Crippen LogP contribution is 2.03. The van der Waals surface area contributed by atoms with Crippen molar-refractivity contribution in [2.45, 2.75) is 6.92 Å². The van der Waals surface area contributed by atoms with Crippen molar-refractivity contribution in [3.8, 4) is 0 Å². The van der Waals surface area contributed by atoms with Crippen LogP contribution in [0.5, 0.6) is 0 Å². The molecule has 0 spiro atoms. The van der Waals surface area contributed by atoms with Gasteiger partial charge in [-0.05, 0) is 18.6 Å². The molecule has 2 nitrogen and oxygen atoms in total. The molecular formula is C6H7N2. The van der Waals surface area contributed by atoms with Gasteiger partial charge < -0.3 is 5.73 Å². The van der Waals surface area contributed by atoms with Gasteiger partial charge in [0.1, 0.15) is 0 Å². The molecule has 41 valence electrons. The molecule has 0 saturated heterocycles. The zero-order valence-electron chi connectivity index (χ0n) is 4.68. The Kier molecular flexibility index (Phi) is 1.16. The molecule has 2 heteroatoms. The summed E-state index contributed by atoms with van der Waals surface area (Å²) in [5, 5.41) is 0. The average Bonchev–Trinajstić information content (AvgIpc) is 1.77.